The van der Waals surface area contributed by atoms with Gasteiger partial charge in [-0.3, -0.25) is 28.5 Å². The van der Waals surface area contributed by atoms with Gasteiger partial charge in [0.1, 0.15) is 21.8 Å². The predicted octanol–water partition coefficient (Wildman–Crippen LogP) is 1.58. The third-order valence-corrected chi connectivity index (χ3v) is 7.42. The highest BCUT2D eigenvalue weighted by atomic mass is 32.2. The number of hydrogen-bond acceptors (Lipinski definition) is 10. The Kier molecular flexibility index (Phi) is 9.13. The number of amides is 2. The Morgan fingerprint density at radius 1 is 1.26 bits per heavy atom. The van der Waals surface area contributed by atoms with Crippen LogP contribution in [0, 0.1) is 0 Å². The topological polar surface area (TPSA) is 123 Å². The number of pyridine rings is 1. The summed E-state index contributed by atoms with van der Waals surface area (Å²) < 4.78 is 12.2. The van der Waals surface area contributed by atoms with Crippen molar-refractivity contribution in [2.45, 2.75) is 32.7 Å². The molecule has 2 aliphatic rings. The Hall–Kier alpha value is -3.29. The number of carbonyl (C=O) groups is 3. The van der Waals surface area contributed by atoms with E-state index in [-0.39, 0.29) is 41.1 Å². The van der Waals surface area contributed by atoms with E-state index < -0.39 is 17.6 Å². The van der Waals surface area contributed by atoms with Crippen molar-refractivity contribution in [2.24, 2.45) is 0 Å². The molecule has 0 unspecified atom stereocenters. The number of hydrogen-bond donors (Lipinski definition) is 1. The van der Waals surface area contributed by atoms with Crippen LogP contribution in [0.1, 0.15) is 32.3 Å². The first-order valence-electron chi connectivity index (χ1n) is 12.4. The summed E-state index contributed by atoms with van der Waals surface area (Å²) in [5, 5.41) is 2.76. The van der Waals surface area contributed by atoms with Crippen molar-refractivity contribution in [1.29, 1.82) is 0 Å². The van der Waals surface area contributed by atoms with Crippen molar-refractivity contribution in [3.63, 3.8) is 0 Å². The molecule has 2 aliphatic heterocycles. The minimum atomic E-state index is -0.930. The predicted molar refractivity (Wildman–Crippen MR) is 148 cm³/mol. The summed E-state index contributed by atoms with van der Waals surface area (Å²) in [6, 6.07) is 4.20. The molecule has 4 heterocycles. The molecule has 0 saturated carbocycles. The molecule has 202 valence electrons. The Morgan fingerprint density at radius 3 is 2.84 bits per heavy atom. The number of nitrogens with one attached hydrogen (secondary N) is 1. The van der Waals surface area contributed by atoms with Crippen LogP contribution in [0.5, 0.6) is 0 Å². The van der Waals surface area contributed by atoms with Crippen molar-refractivity contribution < 1.29 is 23.9 Å². The molecule has 0 spiro atoms. The van der Waals surface area contributed by atoms with Crippen LogP contribution in [0.15, 0.2) is 34.1 Å². The van der Waals surface area contributed by atoms with E-state index in [1.54, 1.807) is 36.2 Å². The molecule has 2 aromatic rings. The van der Waals surface area contributed by atoms with Gasteiger partial charge in [-0.25, -0.2) is 4.98 Å². The van der Waals surface area contributed by atoms with E-state index in [0.29, 0.717) is 49.2 Å². The average Bonchev–Trinajstić information content (AvgIpc) is 3.16. The molecule has 0 aromatic carbocycles. The number of ether oxygens (including phenoxy) is 2. The molecule has 0 bridgehead atoms. The van der Waals surface area contributed by atoms with Gasteiger partial charge in [0, 0.05) is 39.0 Å². The Morgan fingerprint density at radius 2 is 2.08 bits per heavy atom. The number of fused-ring (bicyclic) bond motifs is 1. The smallest absolute Gasteiger partial charge is 0.308 e. The van der Waals surface area contributed by atoms with E-state index in [0.717, 1.165) is 11.8 Å². The van der Waals surface area contributed by atoms with Gasteiger partial charge in [-0.15, -0.1) is 0 Å². The van der Waals surface area contributed by atoms with E-state index in [9.17, 15) is 19.2 Å². The maximum atomic E-state index is 13.7. The van der Waals surface area contributed by atoms with Gasteiger partial charge in [0.05, 0.1) is 23.5 Å². The molecule has 11 nitrogen and oxygen atoms in total. The molecule has 0 aliphatic carbocycles. The van der Waals surface area contributed by atoms with E-state index in [1.807, 2.05) is 6.92 Å². The van der Waals surface area contributed by atoms with Crippen molar-refractivity contribution in [3.05, 3.63) is 45.2 Å². The molecule has 4 rings (SSSR count). The lowest BCUT2D eigenvalue weighted by Gasteiger charge is -2.36. The number of piperazine rings is 1. The number of thiocarbonyl (C=S) groups is 1. The Bertz CT molecular complexity index is 1340. The van der Waals surface area contributed by atoms with Crippen molar-refractivity contribution in [1.82, 2.24) is 19.6 Å². The second-order valence-corrected chi connectivity index (χ2v) is 10.2. The summed E-state index contributed by atoms with van der Waals surface area (Å²) in [6.07, 6.45) is 3.48. The number of thioether (sulfide) groups is 1. The molecule has 2 saturated heterocycles. The van der Waals surface area contributed by atoms with Crippen LogP contribution in [0.3, 0.4) is 0 Å². The molecule has 38 heavy (non-hydrogen) atoms. The SMILES string of the molecule is CCOCCCN1C(=O)/C(=C/c2c(N3CCNC(=O)[C@H]3CC(=O)OCC)nc3ccccn3c2=O)SC1=S. The van der Waals surface area contributed by atoms with Gasteiger partial charge in [-0.1, -0.05) is 30.0 Å². The number of esters is 1. The fourth-order valence-corrected chi connectivity index (χ4v) is 5.57. The van der Waals surface area contributed by atoms with Crippen LogP contribution < -0.4 is 15.8 Å². The summed E-state index contributed by atoms with van der Waals surface area (Å²) in [6.45, 7) is 5.88. The molecule has 0 radical (unpaired) electrons. The van der Waals surface area contributed by atoms with Gasteiger partial charge in [-0.05, 0) is 38.5 Å². The van der Waals surface area contributed by atoms with Crippen molar-refractivity contribution in [2.75, 3.05) is 44.4 Å². The highest BCUT2D eigenvalue weighted by molar-refractivity contribution is 8.26. The number of carbonyl (C=O) groups excluding carboxylic acids is 3. The lowest BCUT2D eigenvalue weighted by Crippen LogP contribution is -2.57. The van der Waals surface area contributed by atoms with Crippen LogP contribution in [-0.2, 0) is 23.9 Å². The third-order valence-electron chi connectivity index (χ3n) is 6.04. The van der Waals surface area contributed by atoms with E-state index in [4.69, 9.17) is 26.7 Å². The van der Waals surface area contributed by atoms with Crippen molar-refractivity contribution >= 4 is 63.6 Å². The Balaban J connectivity index is 1.76. The van der Waals surface area contributed by atoms with Crippen LogP contribution in [0.2, 0.25) is 0 Å². The Labute approximate surface area is 229 Å². The maximum Gasteiger partial charge on any atom is 0.308 e. The molecule has 1 atom stereocenters. The number of anilines is 1. The van der Waals surface area contributed by atoms with Gasteiger partial charge in [0.25, 0.3) is 11.5 Å². The molecule has 1 N–H and O–H groups in total. The molecule has 2 amide bonds. The van der Waals surface area contributed by atoms with E-state index in [1.165, 1.54) is 15.4 Å². The second-order valence-electron chi connectivity index (χ2n) is 8.48. The van der Waals surface area contributed by atoms with Crippen molar-refractivity contribution in [3.8, 4) is 0 Å². The monoisotopic (exact) mass is 559 g/mol. The zero-order chi connectivity index (χ0) is 27.2. The van der Waals surface area contributed by atoms with Gasteiger partial charge >= 0.3 is 5.97 Å². The summed E-state index contributed by atoms with van der Waals surface area (Å²) in [5.41, 5.74) is 0.0918. The molecular formula is C25H29N5O6S2. The third kappa shape index (κ3) is 5.89. The zero-order valence-electron chi connectivity index (χ0n) is 21.2. The standard InChI is InChI=1S/C25H29N5O6S2/c1-3-35-13-7-11-30-24(34)18(38-25(30)37)14-16-21(27-19-8-5-6-10-29(19)23(16)33)28-12-9-26-22(32)17(28)15-20(31)36-4-2/h5-6,8,10,14,17H,3-4,7,9,11-13,15H2,1-2H3,(H,26,32)/b18-14-/t17-/m1/s1. The zero-order valence-corrected chi connectivity index (χ0v) is 22.8. The first-order chi connectivity index (χ1) is 18.3. The molecule has 2 aromatic heterocycles. The lowest BCUT2D eigenvalue weighted by atomic mass is 10.1. The highest BCUT2D eigenvalue weighted by Crippen LogP contribution is 2.34. The van der Waals surface area contributed by atoms with E-state index >= 15 is 0 Å². The number of rotatable bonds is 10. The lowest BCUT2D eigenvalue weighted by molar-refractivity contribution is -0.145. The second kappa shape index (κ2) is 12.5. The average molecular weight is 560 g/mol. The summed E-state index contributed by atoms with van der Waals surface area (Å²) in [5.74, 6) is -0.996. The minimum absolute atomic E-state index is 0.132. The van der Waals surface area contributed by atoms with Crippen LogP contribution in [-0.4, -0.2) is 81.9 Å². The fourth-order valence-electron chi connectivity index (χ4n) is 4.28. The first kappa shape index (κ1) is 27.7. The largest absolute Gasteiger partial charge is 0.466 e. The summed E-state index contributed by atoms with van der Waals surface area (Å²) in [4.78, 5) is 60.2. The molecule has 13 heteroatoms. The fraction of sp³-hybridized carbons (Fsp3) is 0.440. The van der Waals surface area contributed by atoms with Crippen LogP contribution in [0.25, 0.3) is 11.7 Å². The van der Waals surface area contributed by atoms with Gasteiger partial charge in [0.15, 0.2) is 0 Å². The normalized spacial score (nSPS) is 18.9. The minimum Gasteiger partial charge on any atom is -0.466 e. The van der Waals surface area contributed by atoms with Crippen LogP contribution >= 0.6 is 24.0 Å². The van der Waals surface area contributed by atoms with E-state index in [2.05, 4.69) is 5.32 Å². The van der Waals surface area contributed by atoms with Gasteiger partial charge < -0.3 is 19.7 Å². The number of aromatic nitrogens is 2. The highest BCUT2D eigenvalue weighted by Gasteiger charge is 2.36. The van der Waals surface area contributed by atoms with Gasteiger partial charge in [0.2, 0.25) is 5.91 Å². The quantitative estimate of drug-likeness (QED) is 0.199. The number of nitrogens with zero attached hydrogens (tertiary/aromatic N) is 4. The first-order valence-corrected chi connectivity index (χ1v) is 13.6. The molecular weight excluding hydrogens is 530 g/mol. The molecule has 2 fully saturated rings. The summed E-state index contributed by atoms with van der Waals surface area (Å²) in [7, 11) is 0. The van der Waals surface area contributed by atoms with Gasteiger partial charge in [-0.2, -0.15) is 0 Å². The maximum absolute atomic E-state index is 13.7. The van der Waals surface area contributed by atoms with Crippen LogP contribution in [0.4, 0.5) is 5.82 Å². The summed E-state index contributed by atoms with van der Waals surface area (Å²) >= 11 is 6.54.